The van der Waals surface area contributed by atoms with E-state index >= 15 is 0 Å². The van der Waals surface area contributed by atoms with Gasteiger partial charge in [0.15, 0.2) is 0 Å². The number of nitrogen functional groups attached to an aromatic ring is 1. The van der Waals surface area contributed by atoms with Gasteiger partial charge in [-0.3, -0.25) is 0 Å². The topological polar surface area (TPSA) is 63.0 Å². The highest BCUT2D eigenvalue weighted by molar-refractivity contribution is 9.09. The molecule has 2 rings (SSSR count). The van der Waals surface area contributed by atoms with E-state index in [1.807, 2.05) is 12.1 Å². The Hall–Kier alpha value is -0.810. The third-order valence-electron chi connectivity index (χ3n) is 2.54. The van der Waals surface area contributed by atoms with Crippen molar-refractivity contribution in [1.29, 1.82) is 0 Å². The predicted octanol–water partition coefficient (Wildman–Crippen LogP) is 1.20. The van der Waals surface area contributed by atoms with Crippen molar-refractivity contribution in [3.63, 3.8) is 0 Å². The van der Waals surface area contributed by atoms with Gasteiger partial charge in [0.05, 0.1) is 0 Å². The highest BCUT2D eigenvalue weighted by atomic mass is 79.9. The van der Waals surface area contributed by atoms with Gasteiger partial charge < -0.3 is 16.4 Å². The number of aromatic nitrogens is 1. The summed E-state index contributed by atoms with van der Waals surface area (Å²) in [4.78, 5) is 4.42. The van der Waals surface area contributed by atoms with Crippen molar-refractivity contribution in [2.45, 2.75) is 17.3 Å². The van der Waals surface area contributed by atoms with Crippen LogP contribution in [0, 0.1) is 0 Å². The lowest BCUT2D eigenvalue weighted by Crippen LogP contribution is -2.44. The van der Waals surface area contributed by atoms with Gasteiger partial charge in [0.2, 0.25) is 0 Å². The second-order valence-corrected chi connectivity index (χ2v) is 4.91. The van der Waals surface area contributed by atoms with Crippen LogP contribution in [0.5, 0.6) is 0 Å². The van der Waals surface area contributed by atoms with Crippen LogP contribution in [0.1, 0.15) is 6.42 Å². The first-order valence-electron chi connectivity index (χ1n) is 5.08. The van der Waals surface area contributed by atoms with E-state index in [0.29, 0.717) is 16.7 Å². The van der Waals surface area contributed by atoms with Gasteiger partial charge in [-0.15, -0.1) is 0 Å². The minimum atomic E-state index is 0.452. The number of rotatable bonds is 2. The summed E-state index contributed by atoms with van der Waals surface area (Å²) in [6.45, 7) is 2.05. The van der Waals surface area contributed by atoms with Crippen LogP contribution in [-0.4, -0.2) is 28.9 Å². The van der Waals surface area contributed by atoms with Crippen LogP contribution in [-0.2, 0) is 0 Å². The number of nitrogens with one attached hydrogen (secondary N) is 2. The first-order valence-corrected chi connectivity index (χ1v) is 6.00. The van der Waals surface area contributed by atoms with Crippen LogP contribution in [0.25, 0.3) is 0 Å². The molecule has 0 amide bonds. The van der Waals surface area contributed by atoms with Crippen molar-refractivity contribution >= 4 is 27.4 Å². The van der Waals surface area contributed by atoms with Crippen LogP contribution < -0.4 is 16.4 Å². The van der Waals surface area contributed by atoms with Gasteiger partial charge in [0.1, 0.15) is 5.82 Å². The molecule has 4 N–H and O–H groups in total. The second-order valence-electron chi connectivity index (χ2n) is 3.73. The molecule has 82 valence electrons. The van der Waals surface area contributed by atoms with Gasteiger partial charge in [-0.2, -0.15) is 0 Å². The predicted molar refractivity (Wildman–Crippen MR) is 66.3 cm³/mol. The Balaban J connectivity index is 2.01. The molecule has 1 aliphatic heterocycles. The Morgan fingerprint density at radius 2 is 2.47 bits per heavy atom. The van der Waals surface area contributed by atoms with E-state index < -0.39 is 0 Å². The average Bonchev–Trinajstić information content (AvgIpc) is 2.22. The molecule has 4 nitrogen and oxygen atoms in total. The largest absolute Gasteiger partial charge is 0.384 e. The molecule has 2 heterocycles. The molecule has 0 radical (unpaired) electrons. The Kier molecular flexibility index (Phi) is 3.43. The number of anilines is 2. The zero-order valence-corrected chi connectivity index (χ0v) is 10.00. The van der Waals surface area contributed by atoms with Crippen LogP contribution in [0.15, 0.2) is 18.3 Å². The van der Waals surface area contributed by atoms with Crippen molar-refractivity contribution in [2.24, 2.45) is 0 Å². The number of hydrogen-bond donors (Lipinski definition) is 3. The quantitative estimate of drug-likeness (QED) is 0.707. The maximum absolute atomic E-state index is 5.62. The Morgan fingerprint density at radius 1 is 1.60 bits per heavy atom. The molecule has 1 aromatic rings. The molecular weight excluding hydrogens is 256 g/mol. The fourth-order valence-corrected chi connectivity index (χ4v) is 2.36. The summed E-state index contributed by atoms with van der Waals surface area (Å²) in [5, 5.41) is 6.80. The second kappa shape index (κ2) is 4.81. The molecular formula is C10H15BrN4. The van der Waals surface area contributed by atoms with E-state index in [1.54, 1.807) is 6.20 Å². The molecule has 0 saturated carbocycles. The van der Waals surface area contributed by atoms with Gasteiger partial charge in [0.25, 0.3) is 0 Å². The number of pyridine rings is 1. The first kappa shape index (κ1) is 10.7. The van der Waals surface area contributed by atoms with Gasteiger partial charge >= 0.3 is 0 Å². The molecule has 0 spiro atoms. The number of hydrogen-bond acceptors (Lipinski definition) is 4. The molecule has 0 bridgehead atoms. The third-order valence-corrected chi connectivity index (χ3v) is 3.50. The molecule has 1 aromatic heterocycles. The molecule has 5 heteroatoms. The number of nitrogens with two attached hydrogens (primary N) is 1. The van der Waals surface area contributed by atoms with Gasteiger partial charge in [-0.1, -0.05) is 15.9 Å². The molecule has 2 unspecified atom stereocenters. The Morgan fingerprint density at radius 3 is 3.20 bits per heavy atom. The number of alkyl halides is 1. The highest BCUT2D eigenvalue weighted by Crippen LogP contribution is 2.18. The van der Waals surface area contributed by atoms with Crippen molar-refractivity contribution in [2.75, 3.05) is 24.1 Å². The number of piperidine rings is 1. The monoisotopic (exact) mass is 270 g/mol. The summed E-state index contributed by atoms with van der Waals surface area (Å²) in [6.07, 6.45) is 2.83. The van der Waals surface area contributed by atoms with Crippen LogP contribution in [0.3, 0.4) is 0 Å². The molecule has 0 aliphatic carbocycles. The summed E-state index contributed by atoms with van der Waals surface area (Å²) in [6, 6.07) is 4.26. The normalized spacial score (nSPS) is 26.2. The lowest BCUT2D eigenvalue weighted by Gasteiger charge is -2.29. The van der Waals surface area contributed by atoms with E-state index in [-0.39, 0.29) is 0 Å². The Bertz CT molecular complexity index is 331. The van der Waals surface area contributed by atoms with E-state index in [1.165, 1.54) is 0 Å². The third kappa shape index (κ3) is 2.82. The molecule has 0 aromatic carbocycles. The minimum Gasteiger partial charge on any atom is -0.384 e. The lowest BCUT2D eigenvalue weighted by atomic mass is 10.1. The van der Waals surface area contributed by atoms with E-state index in [4.69, 9.17) is 5.73 Å². The van der Waals surface area contributed by atoms with E-state index in [9.17, 15) is 0 Å². The lowest BCUT2D eigenvalue weighted by molar-refractivity contribution is 0.495. The van der Waals surface area contributed by atoms with Gasteiger partial charge in [0, 0.05) is 35.4 Å². The van der Waals surface area contributed by atoms with Gasteiger partial charge in [-0.25, -0.2) is 4.98 Å². The smallest absolute Gasteiger partial charge is 0.125 e. The first-order chi connectivity index (χ1) is 7.25. The molecule has 1 aliphatic rings. The summed E-state index contributed by atoms with van der Waals surface area (Å²) < 4.78 is 0. The Labute approximate surface area is 97.8 Å². The minimum absolute atomic E-state index is 0.452. The average molecular weight is 271 g/mol. The summed E-state index contributed by atoms with van der Waals surface area (Å²) in [5.41, 5.74) is 6.66. The summed E-state index contributed by atoms with van der Waals surface area (Å²) >= 11 is 3.66. The molecule has 2 atom stereocenters. The van der Waals surface area contributed by atoms with Crippen molar-refractivity contribution in [3.05, 3.63) is 18.3 Å². The number of nitrogens with zero attached hydrogens (tertiary/aromatic N) is 1. The maximum Gasteiger partial charge on any atom is 0.125 e. The maximum atomic E-state index is 5.62. The fourth-order valence-electron chi connectivity index (χ4n) is 1.74. The number of halogens is 1. The molecule has 15 heavy (non-hydrogen) atoms. The van der Waals surface area contributed by atoms with Crippen molar-refractivity contribution < 1.29 is 0 Å². The highest BCUT2D eigenvalue weighted by Gasteiger charge is 2.21. The zero-order valence-electron chi connectivity index (χ0n) is 8.41. The van der Waals surface area contributed by atoms with Gasteiger partial charge in [-0.05, 0) is 19.0 Å². The molecule has 1 fully saturated rings. The fraction of sp³-hybridized carbons (Fsp3) is 0.500. The zero-order chi connectivity index (χ0) is 10.7. The summed E-state index contributed by atoms with van der Waals surface area (Å²) in [7, 11) is 0. The van der Waals surface area contributed by atoms with Crippen LogP contribution in [0.4, 0.5) is 11.5 Å². The SMILES string of the molecule is Nc1cc(NC2CCNCC2Br)ccn1. The van der Waals surface area contributed by atoms with Crippen molar-refractivity contribution in [3.8, 4) is 0 Å². The van der Waals surface area contributed by atoms with Crippen LogP contribution >= 0.6 is 15.9 Å². The summed E-state index contributed by atoms with van der Waals surface area (Å²) in [5.74, 6) is 0.556. The van der Waals surface area contributed by atoms with Crippen LogP contribution in [0.2, 0.25) is 0 Å². The van der Waals surface area contributed by atoms with E-state index in [2.05, 4.69) is 31.5 Å². The molecule has 1 saturated heterocycles. The standard InChI is InChI=1S/C10H15BrN4/c11-8-6-13-3-2-9(8)15-7-1-4-14-10(12)5-7/h1,4-5,8-9,13H,2-3,6H2,(H3,12,14,15). The van der Waals surface area contributed by atoms with E-state index in [0.717, 1.165) is 25.2 Å². The van der Waals surface area contributed by atoms with Crippen molar-refractivity contribution in [1.82, 2.24) is 10.3 Å².